The Balaban J connectivity index is 1.90. The van der Waals surface area contributed by atoms with Gasteiger partial charge < -0.3 is 36.8 Å². The van der Waals surface area contributed by atoms with Crippen LogP contribution in [0.25, 0.3) is 0 Å². The van der Waals surface area contributed by atoms with Gasteiger partial charge in [-0.1, -0.05) is 49.0 Å². The van der Waals surface area contributed by atoms with Crippen molar-refractivity contribution in [2.45, 2.75) is 37.4 Å². The summed E-state index contributed by atoms with van der Waals surface area (Å²) in [4.78, 5) is 50.6. The number of nitrogens with one attached hydrogen (secondary N) is 5. The van der Waals surface area contributed by atoms with Crippen molar-refractivity contribution in [3.63, 3.8) is 0 Å². The highest BCUT2D eigenvalue weighted by Crippen LogP contribution is 2.11. The van der Waals surface area contributed by atoms with Crippen LogP contribution < -0.4 is 26.6 Å². The Hall–Kier alpha value is -4.03. The number of aromatic hydroxyl groups is 1. The van der Waals surface area contributed by atoms with Crippen LogP contribution >= 0.6 is 11.8 Å². The first-order chi connectivity index (χ1) is 19.6. The summed E-state index contributed by atoms with van der Waals surface area (Å²) in [6, 6.07) is 13.4. The van der Waals surface area contributed by atoms with E-state index in [2.05, 4.69) is 33.2 Å². The van der Waals surface area contributed by atoms with E-state index >= 15 is 0 Å². The molecule has 3 unspecified atom stereocenters. The molecule has 0 heterocycles. The third-order valence-electron chi connectivity index (χ3n) is 6.17. The van der Waals surface area contributed by atoms with Gasteiger partial charge in [0.25, 0.3) is 0 Å². The summed E-state index contributed by atoms with van der Waals surface area (Å²) in [6.07, 6.45) is 2.93. The normalized spacial score (nSPS) is 12.8. The van der Waals surface area contributed by atoms with Gasteiger partial charge in [0, 0.05) is 6.42 Å². The summed E-state index contributed by atoms with van der Waals surface area (Å²) in [7, 11) is 1.62. The molecule has 0 aliphatic carbocycles. The van der Waals surface area contributed by atoms with E-state index < -0.39 is 48.3 Å². The fourth-order valence-electron chi connectivity index (χ4n) is 3.86. The van der Waals surface area contributed by atoms with Crippen molar-refractivity contribution >= 4 is 35.4 Å². The molecular weight excluding hydrogens is 546 g/mol. The van der Waals surface area contributed by atoms with Gasteiger partial charge >= 0.3 is 0 Å². The third-order valence-corrected chi connectivity index (χ3v) is 6.82. The summed E-state index contributed by atoms with van der Waals surface area (Å²) < 4.78 is 0. The first-order valence-electron chi connectivity index (χ1n) is 13.1. The summed E-state index contributed by atoms with van der Waals surface area (Å²) in [6.45, 7) is 2.79. The lowest BCUT2D eigenvalue weighted by Crippen LogP contribution is -2.53. The maximum atomic E-state index is 13.1. The SMILES string of the molecule is C=C(O)C(CCSC)NC(=O)C(Cc1ccccc1)NC(=O)CNC(=O)CNC(=O)C(Cc1ccc(O)cc1)NC. The van der Waals surface area contributed by atoms with Crippen molar-refractivity contribution in [1.29, 1.82) is 0 Å². The number of phenolic OH excluding ortho intramolecular Hbond substituents is 1. The predicted octanol–water partition coefficient (Wildman–Crippen LogP) is 0.792. The Morgan fingerprint density at radius 2 is 1.41 bits per heavy atom. The van der Waals surface area contributed by atoms with E-state index in [1.54, 1.807) is 30.9 Å². The first-order valence-corrected chi connectivity index (χ1v) is 14.5. The number of hydrogen-bond donors (Lipinski definition) is 7. The number of thioether (sulfide) groups is 1. The zero-order valence-corrected chi connectivity index (χ0v) is 24.1. The fourth-order valence-corrected chi connectivity index (χ4v) is 4.33. The Morgan fingerprint density at radius 3 is 2.02 bits per heavy atom. The van der Waals surface area contributed by atoms with Crippen LogP contribution in [-0.4, -0.2) is 84.1 Å². The van der Waals surface area contributed by atoms with Gasteiger partial charge in [0.05, 0.1) is 25.2 Å². The van der Waals surface area contributed by atoms with Crippen LogP contribution in [0, 0.1) is 0 Å². The molecule has 11 nitrogen and oxygen atoms in total. The Bertz CT molecular complexity index is 1160. The second kappa shape index (κ2) is 17.6. The molecule has 4 amide bonds. The Morgan fingerprint density at radius 1 is 0.805 bits per heavy atom. The molecule has 2 aromatic carbocycles. The van der Waals surface area contributed by atoms with Crippen molar-refractivity contribution < 1.29 is 29.4 Å². The lowest BCUT2D eigenvalue weighted by Gasteiger charge is -2.23. The van der Waals surface area contributed by atoms with Gasteiger partial charge in [-0.15, -0.1) is 0 Å². The zero-order valence-electron chi connectivity index (χ0n) is 23.3. The number of likely N-dealkylation sites (N-methyl/N-ethyl adjacent to an activating group) is 1. The molecule has 0 saturated carbocycles. The molecule has 0 saturated heterocycles. The monoisotopic (exact) mass is 585 g/mol. The van der Waals surface area contributed by atoms with E-state index in [1.807, 2.05) is 36.6 Å². The summed E-state index contributed by atoms with van der Waals surface area (Å²) >= 11 is 1.56. The van der Waals surface area contributed by atoms with Crippen LogP contribution in [-0.2, 0) is 32.0 Å². The zero-order chi connectivity index (χ0) is 30.2. The molecule has 3 atom stereocenters. The number of rotatable bonds is 17. The van der Waals surface area contributed by atoms with Crippen LogP contribution in [0.2, 0.25) is 0 Å². The van der Waals surface area contributed by atoms with Gasteiger partial charge in [-0.05, 0) is 55.2 Å². The van der Waals surface area contributed by atoms with E-state index in [9.17, 15) is 29.4 Å². The number of hydrogen-bond acceptors (Lipinski definition) is 8. The molecule has 222 valence electrons. The van der Waals surface area contributed by atoms with Crippen LogP contribution in [0.3, 0.4) is 0 Å². The standard InChI is InChI=1S/C29H39N5O6S/c1-19(35)23(13-14-41-3)34-29(40)25(16-20-7-5-4-6-8-20)33-27(38)18-31-26(37)17-32-28(39)24(30-2)15-21-9-11-22(36)12-10-21/h4-12,23-25,30,35-36H,1,13-18H2,2-3H3,(H,31,37)(H,32,39)(H,33,38)(H,34,40). The number of benzene rings is 2. The molecule has 2 rings (SSSR count). The number of carbonyl (C=O) groups excluding carboxylic acids is 4. The highest BCUT2D eigenvalue weighted by molar-refractivity contribution is 7.98. The van der Waals surface area contributed by atoms with E-state index in [4.69, 9.17) is 0 Å². The second-order valence-corrected chi connectivity index (χ2v) is 10.3. The number of aliphatic hydroxyl groups is 1. The van der Waals surface area contributed by atoms with Crippen molar-refractivity contribution in [2.75, 3.05) is 32.1 Å². The molecule has 0 aliphatic heterocycles. The molecule has 7 N–H and O–H groups in total. The minimum atomic E-state index is -0.964. The smallest absolute Gasteiger partial charge is 0.243 e. The van der Waals surface area contributed by atoms with Crippen LogP contribution in [0.15, 0.2) is 66.9 Å². The summed E-state index contributed by atoms with van der Waals surface area (Å²) in [5.41, 5.74) is 1.64. The number of aliphatic hydroxyl groups excluding tert-OH is 1. The minimum Gasteiger partial charge on any atom is -0.511 e. The Kier molecular flexibility index (Phi) is 14.3. The van der Waals surface area contributed by atoms with Crippen LogP contribution in [0.5, 0.6) is 5.75 Å². The molecule has 12 heteroatoms. The van der Waals surface area contributed by atoms with E-state index in [1.165, 1.54) is 12.1 Å². The van der Waals surface area contributed by atoms with Gasteiger partial charge in [-0.2, -0.15) is 11.8 Å². The quantitative estimate of drug-likeness (QED) is 0.134. The fraction of sp³-hybridized carbons (Fsp3) is 0.379. The highest BCUT2D eigenvalue weighted by Gasteiger charge is 2.25. The lowest BCUT2D eigenvalue weighted by atomic mass is 10.0. The van der Waals surface area contributed by atoms with Gasteiger partial charge in [-0.3, -0.25) is 19.2 Å². The third kappa shape index (κ3) is 12.4. The maximum absolute atomic E-state index is 13.1. The average Bonchev–Trinajstić information content (AvgIpc) is 2.96. The number of amides is 4. The molecular formula is C29H39N5O6S. The van der Waals surface area contributed by atoms with Crippen LogP contribution in [0.1, 0.15) is 17.5 Å². The Labute approximate surface area is 244 Å². The average molecular weight is 586 g/mol. The summed E-state index contributed by atoms with van der Waals surface area (Å²) in [5, 5.41) is 32.6. The number of phenols is 1. The van der Waals surface area contributed by atoms with E-state index in [0.29, 0.717) is 18.6 Å². The topological polar surface area (TPSA) is 169 Å². The minimum absolute atomic E-state index is 0.123. The van der Waals surface area contributed by atoms with E-state index in [0.717, 1.165) is 11.1 Å². The molecule has 0 spiro atoms. The second-order valence-electron chi connectivity index (χ2n) is 9.35. The summed E-state index contributed by atoms with van der Waals surface area (Å²) in [5.74, 6) is -1.42. The maximum Gasteiger partial charge on any atom is 0.243 e. The molecule has 0 aromatic heterocycles. The van der Waals surface area contributed by atoms with Gasteiger partial charge in [0.15, 0.2) is 0 Å². The number of carbonyl (C=O) groups is 4. The van der Waals surface area contributed by atoms with Crippen molar-refractivity contribution in [3.05, 3.63) is 78.1 Å². The predicted molar refractivity (Wildman–Crippen MR) is 159 cm³/mol. The van der Waals surface area contributed by atoms with Gasteiger partial charge in [-0.25, -0.2) is 0 Å². The first kappa shape index (κ1) is 33.2. The molecule has 0 fully saturated rings. The molecule has 2 aromatic rings. The molecule has 41 heavy (non-hydrogen) atoms. The molecule has 0 bridgehead atoms. The largest absolute Gasteiger partial charge is 0.511 e. The highest BCUT2D eigenvalue weighted by atomic mass is 32.2. The van der Waals surface area contributed by atoms with Crippen LogP contribution in [0.4, 0.5) is 0 Å². The van der Waals surface area contributed by atoms with Crippen molar-refractivity contribution in [1.82, 2.24) is 26.6 Å². The van der Waals surface area contributed by atoms with E-state index in [-0.39, 0.29) is 24.5 Å². The van der Waals surface area contributed by atoms with Gasteiger partial charge in [0.1, 0.15) is 17.6 Å². The van der Waals surface area contributed by atoms with Crippen molar-refractivity contribution in [2.24, 2.45) is 0 Å². The molecule has 0 aliphatic rings. The lowest BCUT2D eigenvalue weighted by molar-refractivity contribution is -0.130. The van der Waals surface area contributed by atoms with Gasteiger partial charge in [0.2, 0.25) is 23.6 Å². The molecule has 0 radical (unpaired) electrons. The van der Waals surface area contributed by atoms with Crippen molar-refractivity contribution in [3.8, 4) is 5.75 Å².